The van der Waals surface area contributed by atoms with Gasteiger partial charge >= 0.3 is 0 Å². The molecule has 1 saturated heterocycles. The van der Waals surface area contributed by atoms with E-state index >= 15 is 0 Å². The molecule has 0 saturated carbocycles. The normalized spacial score (nSPS) is 15.5. The van der Waals surface area contributed by atoms with Gasteiger partial charge in [0.2, 0.25) is 5.95 Å². The molecule has 10 nitrogen and oxygen atoms in total. The van der Waals surface area contributed by atoms with Gasteiger partial charge in [0, 0.05) is 17.6 Å². The minimum Gasteiger partial charge on any atom is -0.384 e. The molecule has 3 aromatic heterocycles. The largest absolute Gasteiger partial charge is 0.384 e. The van der Waals surface area contributed by atoms with Gasteiger partial charge in [-0.25, -0.2) is 19.3 Å². The topological polar surface area (TPSA) is 101 Å². The summed E-state index contributed by atoms with van der Waals surface area (Å²) < 4.78 is 4.28. The number of rotatable bonds is 8. The molecule has 4 aromatic rings. The van der Waals surface area contributed by atoms with Gasteiger partial charge in [0.15, 0.2) is 11.5 Å². The van der Waals surface area contributed by atoms with Crippen LogP contribution in [-0.4, -0.2) is 73.2 Å². The molecule has 0 unspecified atom stereocenters. The average Bonchev–Trinajstić information content (AvgIpc) is 3.20. The van der Waals surface area contributed by atoms with E-state index in [2.05, 4.69) is 59.8 Å². The first-order chi connectivity index (χ1) is 19.0. The quantitative estimate of drug-likeness (QED) is 0.257. The number of piperazine rings is 1. The lowest BCUT2D eigenvalue weighted by Gasteiger charge is -2.45. The number of benzene rings is 1. The van der Waals surface area contributed by atoms with Crippen LogP contribution < -0.4 is 15.8 Å². The molecule has 1 aliphatic heterocycles. The summed E-state index contributed by atoms with van der Waals surface area (Å²) in [5.74, 6) is 0.836. The maximum Gasteiger partial charge on any atom is 0.278 e. The number of nitrogens with one attached hydrogen (secondary N) is 1. The molecule has 4 heterocycles. The second-order valence-corrected chi connectivity index (χ2v) is 11.5. The summed E-state index contributed by atoms with van der Waals surface area (Å²) in [6, 6.07) is 14.3. The number of nitrogens with zero attached hydrogens (tertiary/aromatic N) is 7. The zero-order valence-corrected chi connectivity index (χ0v) is 24.0. The number of quaternary nitrogens is 1. The number of pyridine rings is 1. The standard InChI is InChI=1S/C30H38N8O2/c1-7-15-36-28(39)24-20-31-29(34-27(24)37(36)26-10-8-9-25(33-26)30(4,5)40)32-22-11-13-23(14-12-22)35-16-18-38(6,19-17-35)21(2)3/h7-14,20-21,40H,1,15-19H2,2-6H3/p+1. The van der Waals surface area contributed by atoms with E-state index in [4.69, 9.17) is 4.98 Å². The van der Waals surface area contributed by atoms with Crippen molar-refractivity contribution in [3.63, 3.8) is 0 Å². The van der Waals surface area contributed by atoms with Gasteiger partial charge < -0.3 is 19.8 Å². The summed E-state index contributed by atoms with van der Waals surface area (Å²) in [7, 11) is 2.34. The predicted octanol–water partition coefficient (Wildman–Crippen LogP) is 3.81. The van der Waals surface area contributed by atoms with Gasteiger partial charge in [-0.2, -0.15) is 4.98 Å². The molecule has 5 rings (SSSR count). The van der Waals surface area contributed by atoms with E-state index in [0.717, 1.165) is 36.3 Å². The fraction of sp³-hybridized carbons (Fsp3) is 0.400. The number of allylic oxidation sites excluding steroid dienone is 1. The second-order valence-electron chi connectivity index (χ2n) is 11.5. The van der Waals surface area contributed by atoms with Crippen LogP contribution in [0.2, 0.25) is 0 Å². The predicted molar refractivity (Wildman–Crippen MR) is 159 cm³/mol. The molecule has 40 heavy (non-hydrogen) atoms. The maximum atomic E-state index is 13.2. The molecular formula is C30H39N8O2+. The van der Waals surface area contributed by atoms with Crippen LogP contribution in [0.15, 0.2) is 66.1 Å². The van der Waals surface area contributed by atoms with Crippen LogP contribution in [0.4, 0.5) is 17.3 Å². The Morgan fingerprint density at radius 1 is 1.12 bits per heavy atom. The Labute approximate surface area is 234 Å². The van der Waals surface area contributed by atoms with Gasteiger partial charge in [0.05, 0.1) is 51.5 Å². The summed E-state index contributed by atoms with van der Waals surface area (Å²) in [5, 5.41) is 14.2. The van der Waals surface area contributed by atoms with Gasteiger partial charge in [-0.15, -0.1) is 6.58 Å². The first kappa shape index (κ1) is 27.5. The van der Waals surface area contributed by atoms with Crippen molar-refractivity contribution in [1.29, 1.82) is 0 Å². The zero-order valence-electron chi connectivity index (χ0n) is 24.0. The van der Waals surface area contributed by atoms with E-state index < -0.39 is 5.60 Å². The lowest BCUT2D eigenvalue weighted by atomic mass is 10.1. The average molecular weight is 544 g/mol. The monoisotopic (exact) mass is 543 g/mol. The van der Waals surface area contributed by atoms with Gasteiger partial charge in [-0.05, 0) is 64.1 Å². The van der Waals surface area contributed by atoms with Crippen LogP contribution in [0, 0.1) is 0 Å². The summed E-state index contributed by atoms with van der Waals surface area (Å²) in [6.07, 6.45) is 3.18. The SMILES string of the molecule is C=CCn1c(=O)c2cnc(Nc3ccc(N4CC[N+](C)(C(C)C)CC4)cc3)nc2n1-c1cccc(C(C)(C)O)n1. The molecule has 10 heteroatoms. The van der Waals surface area contributed by atoms with Gasteiger partial charge in [0.25, 0.3) is 5.56 Å². The summed E-state index contributed by atoms with van der Waals surface area (Å²) >= 11 is 0. The third-order valence-electron chi connectivity index (χ3n) is 8.05. The number of aliphatic hydroxyl groups is 1. The number of hydrogen-bond donors (Lipinski definition) is 2. The van der Waals surface area contributed by atoms with Crippen molar-refractivity contribution in [2.45, 2.75) is 45.9 Å². The van der Waals surface area contributed by atoms with E-state index in [-0.39, 0.29) is 12.1 Å². The van der Waals surface area contributed by atoms with E-state index in [1.54, 1.807) is 42.8 Å². The Bertz CT molecular complexity index is 1570. The van der Waals surface area contributed by atoms with Crippen LogP contribution in [0.1, 0.15) is 33.4 Å². The van der Waals surface area contributed by atoms with Crippen LogP contribution >= 0.6 is 0 Å². The lowest BCUT2D eigenvalue weighted by Crippen LogP contribution is -2.60. The summed E-state index contributed by atoms with van der Waals surface area (Å²) in [6.45, 7) is 16.3. The molecule has 1 aliphatic rings. The fourth-order valence-corrected chi connectivity index (χ4v) is 5.07. The Hall–Kier alpha value is -4.02. The minimum absolute atomic E-state index is 0.241. The molecule has 210 valence electrons. The Kier molecular flexibility index (Phi) is 7.24. The molecule has 2 N–H and O–H groups in total. The Morgan fingerprint density at radius 2 is 1.82 bits per heavy atom. The van der Waals surface area contributed by atoms with Gasteiger partial charge in [-0.1, -0.05) is 12.1 Å². The van der Waals surface area contributed by atoms with Crippen molar-refractivity contribution in [1.82, 2.24) is 24.3 Å². The first-order valence-electron chi connectivity index (χ1n) is 13.8. The number of aromatic nitrogens is 5. The highest BCUT2D eigenvalue weighted by atomic mass is 16.3. The van der Waals surface area contributed by atoms with Crippen LogP contribution in [0.3, 0.4) is 0 Å². The number of hydrogen-bond acceptors (Lipinski definition) is 7. The number of anilines is 3. The molecule has 1 aromatic carbocycles. The number of likely N-dealkylation sites (N-methyl/N-ethyl adjacent to an activating group) is 1. The number of fused-ring (bicyclic) bond motifs is 1. The van der Waals surface area contributed by atoms with Gasteiger partial charge in [0.1, 0.15) is 11.0 Å². The van der Waals surface area contributed by atoms with E-state index in [1.807, 2.05) is 12.1 Å². The molecular weight excluding hydrogens is 504 g/mol. The van der Waals surface area contributed by atoms with Crippen molar-refractivity contribution >= 4 is 28.4 Å². The van der Waals surface area contributed by atoms with Gasteiger partial charge in [-0.3, -0.25) is 4.79 Å². The maximum absolute atomic E-state index is 13.2. The van der Waals surface area contributed by atoms with Crippen LogP contribution in [-0.2, 0) is 12.1 Å². The molecule has 0 amide bonds. The van der Waals surface area contributed by atoms with Crippen molar-refractivity contribution in [2.75, 3.05) is 43.4 Å². The minimum atomic E-state index is -1.14. The van der Waals surface area contributed by atoms with E-state index in [1.165, 1.54) is 16.6 Å². The van der Waals surface area contributed by atoms with Crippen molar-refractivity contribution in [3.05, 3.63) is 77.4 Å². The van der Waals surface area contributed by atoms with Crippen molar-refractivity contribution < 1.29 is 9.59 Å². The van der Waals surface area contributed by atoms with Crippen molar-refractivity contribution in [2.24, 2.45) is 0 Å². The highest BCUT2D eigenvalue weighted by Gasteiger charge is 2.31. The van der Waals surface area contributed by atoms with Crippen LogP contribution in [0.5, 0.6) is 0 Å². The van der Waals surface area contributed by atoms with Crippen molar-refractivity contribution in [3.8, 4) is 5.82 Å². The first-order valence-corrected chi connectivity index (χ1v) is 13.8. The molecule has 0 atom stereocenters. The second kappa shape index (κ2) is 10.5. The van der Waals surface area contributed by atoms with E-state index in [9.17, 15) is 9.90 Å². The molecule has 0 radical (unpaired) electrons. The Morgan fingerprint density at radius 3 is 2.45 bits per heavy atom. The molecule has 0 bridgehead atoms. The molecule has 0 spiro atoms. The lowest BCUT2D eigenvalue weighted by molar-refractivity contribution is -0.930. The smallest absolute Gasteiger partial charge is 0.278 e. The van der Waals surface area contributed by atoms with E-state index in [0.29, 0.717) is 34.5 Å². The third-order valence-corrected chi connectivity index (χ3v) is 8.05. The summed E-state index contributed by atoms with van der Waals surface area (Å²) in [4.78, 5) is 29.5. The zero-order chi connectivity index (χ0) is 28.7. The highest BCUT2D eigenvalue weighted by molar-refractivity contribution is 5.77. The molecule has 1 fully saturated rings. The Balaban J connectivity index is 1.44. The summed E-state index contributed by atoms with van der Waals surface area (Å²) in [5.41, 5.74) is 1.57. The highest BCUT2D eigenvalue weighted by Crippen LogP contribution is 2.25. The fourth-order valence-electron chi connectivity index (χ4n) is 5.07. The third kappa shape index (κ3) is 5.24. The van der Waals surface area contributed by atoms with Crippen LogP contribution in [0.25, 0.3) is 16.9 Å². The molecule has 0 aliphatic carbocycles.